The number of benzene rings is 2. The molecule has 3 nitrogen and oxygen atoms in total. The second-order valence-corrected chi connectivity index (χ2v) is 4.48. The van der Waals surface area contributed by atoms with Gasteiger partial charge in [-0.3, -0.25) is 5.43 Å². The van der Waals surface area contributed by atoms with Crippen molar-refractivity contribution in [2.75, 3.05) is 12.5 Å². The highest BCUT2D eigenvalue weighted by molar-refractivity contribution is 9.10. The summed E-state index contributed by atoms with van der Waals surface area (Å²) in [5.41, 5.74) is 4.92. The molecule has 0 atom stereocenters. The van der Waals surface area contributed by atoms with E-state index in [1.165, 1.54) is 0 Å². The molecule has 0 bridgehead atoms. The summed E-state index contributed by atoms with van der Waals surface area (Å²) >= 11 is 3.44. The molecule has 18 heavy (non-hydrogen) atoms. The Balaban J connectivity index is 2.03. The first-order valence-electron chi connectivity index (χ1n) is 5.47. The normalized spacial score (nSPS) is 10.6. The molecule has 92 valence electrons. The minimum Gasteiger partial charge on any atom is -0.496 e. The highest BCUT2D eigenvalue weighted by atomic mass is 79.9. The van der Waals surface area contributed by atoms with Gasteiger partial charge in [-0.05, 0) is 51.8 Å². The zero-order valence-corrected chi connectivity index (χ0v) is 11.5. The molecule has 0 unspecified atom stereocenters. The van der Waals surface area contributed by atoms with Crippen molar-refractivity contribution in [1.82, 2.24) is 0 Å². The number of para-hydroxylation sites is 1. The van der Waals surface area contributed by atoms with Crippen LogP contribution in [0.2, 0.25) is 0 Å². The monoisotopic (exact) mass is 304 g/mol. The lowest BCUT2D eigenvalue weighted by Crippen LogP contribution is -1.91. The van der Waals surface area contributed by atoms with Gasteiger partial charge in [0, 0.05) is 0 Å². The topological polar surface area (TPSA) is 33.6 Å². The smallest absolute Gasteiger partial charge is 0.133 e. The van der Waals surface area contributed by atoms with E-state index in [4.69, 9.17) is 4.74 Å². The summed E-state index contributed by atoms with van der Waals surface area (Å²) in [5, 5.41) is 4.17. The maximum absolute atomic E-state index is 5.17. The van der Waals surface area contributed by atoms with Crippen LogP contribution in [0.5, 0.6) is 5.75 Å². The number of methoxy groups -OCH3 is 1. The largest absolute Gasteiger partial charge is 0.496 e. The van der Waals surface area contributed by atoms with Gasteiger partial charge in [-0.15, -0.1) is 0 Å². The molecule has 0 aliphatic heterocycles. The van der Waals surface area contributed by atoms with Crippen LogP contribution in [0.1, 0.15) is 5.56 Å². The molecular weight excluding hydrogens is 292 g/mol. The van der Waals surface area contributed by atoms with Gasteiger partial charge in [0.15, 0.2) is 0 Å². The first-order valence-corrected chi connectivity index (χ1v) is 6.26. The van der Waals surface area contributed by atoms with Crippen LogP contribution >= 0.6 is 15.9 Å². The minimum atomic E-state index is 0.808. The van der Waals surface area contributed by atoms with Crippen LogP contribution in [-0.4, -0.2) is 13.3 Å². The SMILES string of the molecule is COc1ccc(/C=N/Nc2ccccc2)cc1Br. The maximum Gasteiger partial charge on any atom is 0.133 e. The molecular formula is C14H13BrN2O. The molecule has 0 aliphatic carbocycles. The van der Waals surface area contributed by atoms with Gasteiger partial charge in [-0.25, -0.2) is 0 Å². The number of hydrogen-bond donors (Lipinski definition) is 1. The van der Waals surface area contributed by atoms with Crippen molar-refractivity contribution in [2.45, 2.75) is 0 Å². The van der Waals surface area contributed by atoms with Gasteiger partial charge in [0.25, 0.3) is 0 Å². The van der Waals surface area contributed by atoms with Crippen molar-refractivity contribution in [2.24, 2.45) is 5.10 Å². The third kappa shape index (κ3) is 3.34. The second kappa shape index (κ2) is 6.21. The Morgan fingerprint density at radius 1 is 1.17 bits per heavy atom. The molecule has 0 amide bonds. The summed E-state index contributed by atoms with van der Waals surface area (Å²) in [6, 6.07) is 15.6. The Morgan fingerprint density at radius 3 is 2.61 bits per heavy atom. The van der Waals surface area contributed by atoms with E-state index < -0.39 is 0 Å². The molecule has 0 heterocycles. The molecule has 0 fully saturated rings. The number of rotatable bonds is 4. The van der Waals surface area contributed by atoms with Crippen molar-refractivity contribution < 1.29 is 4.74 Å². The van der Waals surface area contributed by atoms with E-state index in [1.807, 2.05) is 48.5 Å². The summed E-state index contributed by atoms with van der Waals surface area (Å²) < 4.78 is 6.08. The lowest BCUT2D eigenvalue weighted by atomic mass is 10.2. The van der Waals surface area contributed by atoms with Crippen LogP contribution in [0, 0.1) is 0 Å². The molecule has 1 N–H and O–H groups in total. The fourth-order valence-electron chi connectivity index (χ4n) is 1.46. The number of halogens is 1. The summed E-state index contributed by atoms with van der Waals surface area (Å²) in [6.45, 7) is 0. The average molecular weight is 305 g/mol. The van der Waals surface area contributed by atoms with Crippen LogP contribution in [0.4, 0.5) is 5.69 Å². The van der Waals surface area contributed by atoms with Crippen LogP contribution < -0.4 is 10.2 Å². The molecule has 2 aromatic rings. The Hall–Kier alpha value is -1.81. The second-order valence-electron chi connectivity index (χ2n) is 3.63. The zero-order valence-electron chi connectivity index (χ0n) is 9.93. The third-order valence-electron chi connectivity index (χ3n) is 2.36. The molecule has 0 saturated carbocycles. The summed E-state index contributed by atoms with van der Waals surface area (Å²) in [5.74, 6) is 0.808. The molecule has 0 saturated heterocycles. The van der Waals surface area contributed by atoms with E-state index >= 15 is 0 Å². The maximum atomic E-state index is 5.17. The molecule has 4 heteroatoms. The van der Waals surface area contributed by atoms with Gasteiger partial charge in [-0.2, -0.15) is 5.10 Å². The quantitative estimate of drug-likeness (QED) is 0.686. The lowest BCUT2D eigenvalue weighted by molar-refractivity contribution is 0.412. The van der Waals surface area contributed by atoms with E-state index in [1.54, 1.807) is 13.3 Å². The van der Waals surface area contributed by atoms with Crippen molar-refractivity contribution in [1.29, 1.82) is 0 Å². The molecule has 2 aromatic carbocycles. The third-order valence-corrected chi connectivity index (χ3v) is 2.98. The van der Waals surface area contributed by atoms with Gasteiger partial charge in [0.1, 0.15) is 5.75 Å². The summed E-state index contributed by atoms with van der Waals surface area (Å²) in [7, 11) is 1.64. The number of ether oxygens (including phenoxy) is 1. The molecule has 2 rings (SSSR count). The number of hydrogen-bond acceptors (Lipinski definition) is 3. The number of nitrogens with zero attached hydrogens (tertiary/aromatic N) is 1. The van der Waals surface area contributed by atoms with Crippen LogP contribution in [0.3, 0.4) is 0 Å². The Labute approximate surface area is 115 Å². The van der Waals surface area contributed by atoms with Crippen molar-refractivity contribution >= 4 is 27.8 Å². The van der Waals surface area contributed by atoms with Crippen molar-refractivity contribution in [3.8, 4) is 5.75 Å². The fourth-order valence-corrected chi connectivity index (χ4v) is 2.02. The number of anilines is 1. The highest BCUT2D eigenvalue weighted by Crippen LogP contribution is 2.24. The predicted octanol–water partition coefficient (Wildman–Crippen LogP) is 3.90. The van der Waals surface area contributed by atoms with Crippen LogP contribution in [0.25, 0.3) is 0 Å². The highest BCUT2D eigenvalue weighted by Gasteiger charge is 1.99. The minimum absolute atomic E-state index is 0.808. The van der Waals surface area contributed by atoms with E-state index in [-0.39, 0.29) is 0 Å². The van der Waals surface area contributed by atoms with Crippen molar-refractivity contribution in [3.63, 3.8) is 0 Å². The first kappa shape index (κ1) is 12.6. The van der Waals surface area contributed by atoms with Crippen LogP contribution in [0.15, 0.2) is 58.1 Å². The van der Waals surface area contributed by atoms with E-state index in [9.17, 15) is 0 Å². The van der Waals surface area contributed by atoms with Gasteiger partial charge in [0.2, 0.25) is 0 Å². The fraction of sp³-hybridized carbons (Fsp3) is 0.0714. The van der Waals surface area contributed by atoms with Gasteiger partial charge in [0.05, 0.1) is 23.5 Å². The standard InChI is InChI=1S/C14H13BrN2O/c1-18-14-8-7-11(9-13(14)15)10-16-17-12-5-3-2-4-6-12/h2-10,17H,1H3/b16-10+. The number of hydrazone groups is 1. The lowest BCUT2D eigenvalue weighted by Gasteiger charge is -2.03. The average Bonchev–Trinajstić information content (AvgIpc) is 2.40. The Morgan fingerprint density at radius 2 is 1.94 bits per heavy atom. The zero-order chi connectivity index (χ0) is 12.8. The number of nitrogens with one attached hydrogen (secondary N) is 1. The molecule has 0 spiro atoms. The van der Waals surface area contributed by atoms with Crippen LogP contribution in [-0.2, 0) is 0 Å². The Kier molecular flexibility index (Phi) is 4.36. The predicted molar refractivity (Wildman–Crippen MR) is 78.4 cm³/mol. The molecule has 0 aromatic heterocycles. The van der Waals surface area contributed by atoms with Gasteiger partial charge < -0.3 is 4.74 Å². The molecule has 0 aliphatic rings. The van der Waals surface area contributed by atoms with E-state index in [0.29, 0.717) is 0 Å². The molecule has 0 radical (unpaired) electrons. The van der Waals surface area contributed by atoms with Crippen molar-refractivity contribution in [3.05, 3.63) is 58.6 Å². The first-order chi connectivity index (χ1) is 8.79. The van der Waals surface area contributed by atoms with Gasteiger partial charge >= 0.3 is 0 Å². The summed E-state index contributed by atoms with van der Waals surface area (Å²) in [4.78, 5) is 0. The van der Waals surface area contributed by atoms with E-state index in [2.05, 4.69) is 26.5 Å². The summed E-state index contributed by atoms with van der Waals surface area (Å²) in [6.07, 6.45) is 1.76. The Bertz CT molecular complexity index is 541. The van der Waals surface area contributed by atoms with Gasteiger partial charge in [-0.1, -0.05) is 18.2 Å². The van der Waals surface area contributed by atoms with E-state index in [0.717, 1.165) is 21.5 Å².